The monoisotopic (exact) mass is 378 g/mol. The summed E-state index contributed by atoms with van der Waals surface area (Å²) < 4.78 is 16.2. The second-order valence-electron chi connectivity index (χ2n) is 6.11. The third-order valence-corrected chi connectivity index (χ3v) is 3.16. The number of rotatable bonds is 9. The summed E-state index contributed by atoms with van der Waals surface area (Å²) in [6.07, 6.45) is 1.55. The first-order chi connectivity index (χ1) is 12.7. The number of imide groups is 1. The number of carbonyl (C=O) groups is 3. The van der Waals surface area contributed by atoms with Gasteiger partial charge in [0.2, 0.25) is 0 Å². The third-order valence-electron chi connectivity index (χ3n) is 3.16. The van der Waals surface area contributed by atoms with Crippen LogP contribution >= 0.6 is 0 Å². The van der Waals surface area contributed by atoms with E-state index >= 15 is 0 Å². The molecule has 0 fully saturated rings. The van der Waals surface area contributed by atoms with Crippen LogP contribution in [0.5, 0.6) is 11.5 Å². The minimum Gasteiger partial charge on any atom is -0.490 e. The summed E-state index contributed by atoms with van der Waals surface area (Å²) in [5, 5.41) is 1.84. The molecule has 1 aromatic rings. The number of benzene rings is 1. The summed E-state index contributed by atoms with van der Waals surface area (Å²) >= 11 is 0. The van der Waals surface area contributed by atoms with E-state index in [1.54, 1.807) is 18.2 Å². The largest absolute Gasteiger partial charge is 0.490 e. The van der Waals surface area contributed by atoms with Crippen molar-refractivity contribution in [2.45, 2.75) is 33.8 Å². The summed E-state index contributed by atoms with van der Waals surface area (Å²) in [6, 6.07) is 4.26. The van der Waals surface area contributed by atoms with Crippen molar-refractivity contribution in [2.75, 3.05) is 13.2 Å². The Bertz CT molecular complexity index is 699. The SMILES string of the molecule is CCOc1cc(/C=C/C(=O)O[C@@H](C)C(=O)NC(N)=O)ccc1OCC(C)C. The number of ether oxygens (including phenoxy) is 3. The van der Waals surface area contributed by atoms with Crippen LogP contribution in [-0.4, -0.2) is 37.2 Å². The first-order valence-electron chi connectivity index (χ1n) is 8.61. The molecule has 0 aliphatic carbocycles. The third kappa shape index (κ3) is 8.26. The molecule has 1 rings (SSSR count). The van der Waals surface area contributed by atoms with E-state index in [1.807, 2.05) is 26.1 Å². The number of primary amides is 1. The molecule has 0 heterocycles. The van der Waals surface area contributed by atoms with Gasteiger partial charge < -0.3 is 19.9 Å². The van der Waals surface area contributed by atoms with Crippen LogP contribution in [0.15, 0.2) is 24.3 Å². The summed E-state index contributed by atoms with van der Waals surface area (Å²) in [5.41, 5.74) is 5.53. The van der Waals surface area contributed by atoms with Gasteiger partial charge in [-0.3, -0.25) is 10.1 Å². The maximum Gasteiger partial charge on any atom is 0.331 e. The van der Waals surface area contributed by atoms with Crippen LogP contribution in [0.4, 0.5) is 4.79 Å². The predicted octanol–water partition coefficient (Wildman–Crippen LogP) is 2.26. The summed E-state index contributed by atoms with van der Waals surface area (Å²) in [5.74, 6) is 0.0437. The first-order valence-corrected chi connectivity index (χ1v) is 8.61. The van der Waals surface area contributed by atoms with Crippen molar-refractivity contribution >= 4 is 24.0 Å². The lowest BCUT2D eigenvalue weighted by molar-refractivity contribution is -0.149. The average Bonchev–Trinajstić information content (AvgIpc) is 2.58. The Balaban J connectivity index is 2.76. The fourth-order valence-corrected chi connectivity index (χ4v) is 1.93. The Hall–Kier alpha value is -3.03. The second-order valence-corrected chi connectivity index (χ2v) is 6.11. The first kappa shape index (κ1) is 22.0. The Morgan fingerprint density at radius 2 is 1.85 bits per heavy atom. The van der Waals surface area contributed by atoms with Gasteiger partial charge in [0.05, 0.1) is 13.2 Å². The van der Waals surface area contributed by atoms with Crippen LogP contribution in [0, 0.1) is 5.92 Å². The quantitative estimate of drug-likeness (QED) is 0.503. The van der Waals surface area contributed by atoms with Crippen LogP contribution in [-0.2, 0) is 14.3 Å². The molecule has 0 unspecified atom stereocenters. The predicted molar refractivity (Wildman–Crippen MR) is 100 cm³/mol. The molecule has 0 aromatic heterocycles. The number of amides is 3. The van der Waals surface area contributed by atoms with Crippen LogP contribution in [0.25, 0.3) is 6.08 Å². The highest BCUT2D eigenvalue weighted by atomic mass is 16.5. The van der Waals surface area contributed by atoms with Gasteiger partial charge in [-0.15, -0.1) is 0 Å². The fourth-order valence-electron chi connectivity index (χ4n) is 1.93. The summed E-state index contributed by atoms with van der Waals surface area (Å²) in [6.45, 7) is 8.33. The topological polar surface area (TPSA) is 117 Å². The molecule has 0 saturated carbocycles. The van der Waals surface area contributed by atoms with Crippen LogP contribution < -0.4 is 20.5 Å². The normalized spacial score (nSPS) is 11.9. The molecule has 8 heteroatoms. The molecule has 0 radical (unpaired) electrons. The molecular weight excluding hydrogens is 352 g/mol. The van der Waals surface area contributed by atoms with Crippen molar-refractivity contribution < 1.29 is 28.6 Å². The molecule has 0 saturated heterocycles. The molecule has 3 amide bonds. The molecular formula is C19H26N2O6. The number of nitrogens with two attached hydrogens (primary N) is 1. The number of esters is 1. The van der Waals surface area contributed by atoms with Gasteiger partial charge in [-0.2, -0.15) is 0 Å². The summed E-state index contributed by atoms with van der Waals surface area (Å²) in [4.78, 5) is 33.9. The van der Waals surface area contributed by atoms with Crippen molar-refractivity contribution in [3.05, 3.63) is 29.8 Å². The van der Waals surface area contributed by atoms with E-state index in [4.69, 9.17) is 19.9 Å². The molecule has 0 bridgehead atoms. The van der Waals surface area contributed by atoms with Gasteiger partial charge in [-0.1, -0.05) is 19.9 Å². The van der Waals surface area contributed by atoms with Gasteiger partial charge in [0, 0.05) is 6.08 Å². The van der Waals surface area contributed by atoms with E-state index in [-0.39, 0.29) is 0 Å². The van der Waals surface area contributed by atoms with Gasteiger partial charge in [-0.05, 0) is 43.5 Å². The maximum atomic E-state index is 11.8. The highest BCUT2D eigenvalue weighted by molar-refractivity contribution is 5.97. The molecule has 3 N–H and O–H groups in total. The van der Waals surface area contributed by atoms with E-state index in [0.29, 0.717) is 36.2 Å². The lowest BCUT2D eigenvalue weighted by atomic mass is 10.2. The number of hydrogen-bond donors (Lipinski definition) is 2. The van der Waals surface area contributed by atoms with E-state index in [0.717, 1.165) is 0 Å². The van der Waals surface area contributed by atoms with Crippen molar-refractivity contribution in [1.82, 2.24) is 5.32 Å². The minimum absolute atomic E-state index is 0.377. The number of hydrogen-bond acceptors (Lipinski definition) is 6. The number of carbonyl (C=O) groups excluding carboxylic acids is 3. The average molecular weight is 378 g/mol. The molecule has 1 aromatic carbocycles. The van der Waals surface area contributed by atoms with Gasteiger partial charge in [0.15, 0.2) is 17.6 Å². The highest BCUT2D eigenvalue weighted by Crippen LogP contribution is 2.29. The van der Waals surface area contributed by atoms with Crippen molar-refractivity contribution in [1.29, 1.82) is 0 Å². The Labute approximate surface area is 158 Å². The molecule has 27 heavy (non-hydrogen) atoms. The Kier molecular flexibility index (Phi) is 8.84. The van der Waals surface area contributed by atoms with E-state index in [9.17, 15) is 14.4 Å². The second kappa shape index (κ2) is 10.8. The number of urea groups is 1. The smallest absolute Gasteiger partial charge is 0.331 e. The van der Waals surface area contributed by atoms with Crippen molar-refractivity contribution in [3.63, 3.8) is 0 Å². The molecule has 0 spiro atoms. The molecule has 8 nitrogen and oxygen atoms in total. The lowest BCUT2D eigenvalue weighted by Crippen LogP contribution is -2.42. The lowest BCUT2D eigenvalue weighted by Gasteiger charge is -2.14. The number of nitrogens with one attached hydrogen (secondary N) is 1. The van der Waals surface area contributed by atoms with Gasteiger partial charge in [0.25, 0.3) is 5.91 Å². The molecule has 0 aliphatic heterocycles. The highest BCUT2D eigenvalue weighted by Gasteiger charge is 2.17. The maximum absolute atomic E-state index is 11.8. The van der Waals surface area contributed by atoms with E-state index < -0.39 is 24.0 Å². The standard InChI is InChI=1S/C19H26N2O6/c1-5-25-16-10-14(6-8-15(16)26-11-12(2)3)7-9-17(22)27-13(4)18(23)21-19(20)24/h6-10,12-13H,5,11H2,1-4H3,(H3,20,21,23,24)/b9-7+/t13-/m0/s1. The van der Waals surface area contributed by atoms with Gasteiger partial charge in [-0.25, -0.2) is 9.59 Å². The van der Waals surface area contributed by atoms with Crippen molar-refractivity contribution in [2.24, 2.45) is 11.7 Å². The molecule has 148 valence electrons. The molecule has 1 atom stereocenters. The zero-order valence-electron chi connectivity index (χ0n) is 16.0. The minimum atomic E-state index is -1.15. The van der Waals surface area contributed by atoms with E-state index in [2.05, 4.69) is 0 Å². The zero-order valence-corrected chi connectivity index (χ0v) is 16.0. The zero-order chi connectivity index (χ0) is 20.4. The van der Waals surface area contributed by atoms with Crippen LogP contribution in [0.1, 0.15) is 33.3 Å². The van der Waals surface area contributed by atoms with Crippen LogP contribution in [0.2, 0.25) is 0 Å². The van der Waals surface area contributed by atoms with Crippen LogP contribution in [0.3, 0.4) is 0 Å². The van der Waals surface area contributed by atoms with Crippen molar-refractivity contribution in [3.8, 4) is 11.5 Å². The Morgan fingerprint density at radius 3 is 2.44 bits per heavy atom. The summed E-state index contributed by atoms with van der Waals surface area (Å²) in [7, 11) is 0. The molecule has 0 aliphatic rings. The van der Waals surface area contributed by atoms with Gasteiger partial charge >= 0.3 is 12.0 Å². The van der Waals surface area contributed by atoms with E-state index in [1.165, 1.54) is 19.1 Å². The Morgan fingerprint density at radius 1 is 1.15 bits per heavy atom. The van der Waals surface area contributed by atoms with Gasteiger partial charge in [0.1, 0.15) is 0 Å². The fraction of sp³-hybridized carbons (Fsp3) is 0.421.